The second kappa shape index (κ2) is 4.48. The largest absolute Gasteiger partial charge is 0.253 e. The van der Waals surface area contributed by atoms with Crippen molar-refractivity contribution >= 4 is 10.9 Å². The Morgan fingerprint density at radius 1 is 1.12 bits per heavy atom. The number of hydrogen-bond acceptors (Lipinski definition) is 1. The third kappa shape index (κ3) is 2.19. The lowest BCUT2D eigenvalue weighted by Crippen LogP contribution is -2.18. The number of pyridine rings is 1. The third-order valence-electron chi connectivity index (χ3n) is 3.75. The van der Waals surface area contributed by atoms with E-state index in [-0.39, 0.29) is 5.41 Å². The van der Waals surface area contributed by atoms with Gasteiger partial charge in [-0.05, 0) is 36.0 Å². The highest BCUT2D eigenvalue weighted by molar-refractivity contribution is 5.79. The van der Waals surface area contributed by atoms with Crippen LogP contribution in [0.1, 0.15) is 45.4 Å². The maximum atomic E-state index is 4.81. The fraction of sp³-hybridized carbons (Fsp3) is 0.438. The number of rotatable bonds is 3. The Balaban J connectivity index is 2.69. The van der Waals surface area contributed by atoms with Crippen molar-refractivity contribution < 1.29 is 0 Å². The normalized spacial score (nSPS) is 12.0. The summed E-state index contributed by atoms with van der Waals surface area (Å²) < 4.78 is 0. The minimum absolute atomic E-state index is 0.211. The molecule has 0 aliphatic carbocycles. The number of aryl methyl sites for hydroxylation is 1. The summed E-state index contributed by atoms with van der Waals surface area (Å²) in [5, 5.41) is 1.25. The highest BCUT2D eigenvalue weighted by atomic mass is 14.7. The van der Waals surface area contributed by atoms with Crippen molar-refractivity contribution in [3.8, 4) is 0 Å². The lowest BCUT2D eigenvalue weighted by Gasteiger charge is -2.26. The fourth-order valence-corrected chi connectivity index (χ4v) is 2.20. The first-order valence-electron chi connectivity index (χ1n) is 6.47. The second-order valence-electron chi connectivity index (χ2n) is 5.27. The Bertz CT molecular complexity index is 526. The summed E-state index contributed by atoms with van der Waals surface area (Å²) in [6.45, 7) is 9.04. The molecule has 0 bridgehead atoms. The van der Waals surface area contributed by atoms with Crippen molar-refractivity contribution in [1.29, 1.82) is 0 Å². The molecule has 1 heterocycles. The number of fused-ring (bicyclic) bond motifs is 1. The molecule has 0 atom stereocenters. The van der Waals surface area contributed by atoms with Crippen LogP contribution in [-0.4, -0.2) is 4.98 Å². The minimum Gasteiger partial charge on any atom is -0.253 e. The van der Waals surface area contributed by atoms with Crippen LogP contribution in [0.3, 0.4) is 0 Å². The van der Waals surface area contributed by atoms with E-state index in [0.29, 0.717) is 0 Å². The van der Waals surface area contributed by atoms with Gasteiger partial charge in [-0.3, -0.25) is 4.98 Å². The highest BCUT2D eigenvalue weighted by Crippen LogP contribution is 2.31. The molecule has 1 aromatic heterocycles. The molecule has 1 heteroatoms. The molecule has 0 saturated carbocycles. The minimum atomic E-state index is 0.211. The zero-order valence-electron chi connectivity index (χ0n) is 11.2. The van der Waals surface area contributed by atoms with Gasteiger partial charge in [0.05, 0.1) is 5.52 Å². The van der Waals surface area contributed by atoms with Crippen molar-refractivity contribution in [2.24, 2.45) is 0 Å². The summed E-state index contributed by atoms with van der Waals surface area (Å²) in [6, 6.07) is 10.7. The number of aromatic nitrogens is 1. The molecule has 2 aromatic rings. The molecule has 1 aromatic carbocycles. The summed E-state index contributed by atoms with van der Waals surface area (Å²) >= 11 is 0. The Kier molecular flexibility index (Phi) is 3.19. The van der Waals surface area contributed by atoms with Crippen LogP contribution >= 0.6 is 0 Å². The van der Waals surface area contributed by atoms with Gasteiger partial charge in [0.15, 0.2) is 0 Å². The lowest BCUT2D eigenvalue weighted by molar-refractivity contribution is 0.499. The number of hydrogen-bond donors (Lipinski definition) is 0. The molecule has 0 N–H and O–H groups in total. The molecule has 0 fully saturated rings. The van der Waals surface area contributed by atoms with E-state index in [1.807, 2.05) is 0 Å². The van der Waals surface area contributed by atoms with Gasteiger partial charge in [-0.1, -0.05) is 45.9 Å². The van der Waals surface area contributed by atoms with E-state index >= 15 is 0 Å². The van der Waals surface area contributed by atoms with E-state index in [1.54, 1.807) is 0 Å². The van der Waals surface area contributed by atoms with Gasteiger partial charge in [0, 0.05) is 11.1 Å². The molecule has 0 spiro atoms. The molecule has 0 aliphatic rings. The molecule has 0 saturated heterocycles. The SMILES string of the molecule is CCc1nc2ccccc2cc1C(C)(C)CC. The fourth-order valence-electron chi connectivity index (χ4n) is 2.20. The quantitative estimate of drug-likeness (QED) is 0.753. The summed E-state index contributed by atoms with van der Waals surface area (Å²) in [5.41, 5.74) is 3.97. The Labute approximate surface area is 104 Å². The summed E-state index contributed by atoms with van der Waals surface area (Å²) in [7, 11) is 0. The number of para-hydroxylation sites is 1. The molecule has 1 nitrogen and oxygen atoms in total. The van der Waals surface area contributed by atoms with E-state index in [9.17, 15) is 0 Å². The van der Waals surface area contributed by atoms with Crippen LogP contribution in [0.5, 0.6) is 0 Å². The first kappa shape index (κ1) is 12.1. The smallest absolute Gasteiger partial charge is 0.0705 e. The maximum absolute atomic E-state index is 4.81. The third-order valence-corrected chi connectivity index (χ3v) is 3.75. The zero-order chi connectivity index (χ0) is 12.5. The van der Waals surface area contributed by atoms with Crippen LogP contribution in [0.4, 0.5) is 0 Å². The monoisotopic (exact) mass is 227 g/mol. The molecule has 2 rings (SSSR count). The maximum Gasteiger partial charge on any atom is 0.0705 e. The standard InChI is InChI=1S/C16H21N/c1-5-14-13(16(3,4)6-2)11-12-9-7-8-10-15(12)17-14/h7-11H,5-6H2,1-4H3. The molecule has 90 valence electrons. The first-order valence-corrected chi connectivity index (χ1v) is 6.47. The topological polar surface area (TPSA) is 12.9 Å². The molecule has 17 heavy (non-hydrogen) atoms. The van der Waals surface area contributed by atoms with Crippen molar-refractivity contribution in [3.05, 3.63) is 41.6 Å². The molecule has 0 aliphatic heterocycles. The van der Waals surface area contributed by atoms with Gasteiger partial charge in [0.2, 0.25) is 0 Å². The van der Waals surface area contributed by atoms with Crippen molar-refractivity contribution in [2.45, 2.75) is 46.0 Å². The van der Waals surface area contributed by atoms with Gasteiger partial charge in [-0.15, -0.1) is 0 Å². The number of nitrogens with zero attached hydrogens (tertiary/aromatic N) is 1. The molecule has 0 radical (unpaired) electrons. The summed E-state index contributed by atoms with van der Waals surface area (Å²) in [4.78, 5) is 4.81. The predicted octanol–water partition coefficient (Wildman–Crippen LogP) is 4.48. The van der Waals surface area contributed by atoms with E-state index in [0.717, 1.165) is 18.4 Å². The van der Waals surface area contributed by atoms with Crippen molar-refractivity contribution in [3.63, 3.8) is 0 Å². The second-order valence-corrected chi connectivity index (χ2v) is 5.27. The van der Waals surface area contributed by atoms with Gasteiger partial charge < -0.3 is 0 Å². The Hall–Kier alpha value is -1.37. The van der Waals surface area contributed by atoms with Crippen LogP contribution < -0.4 is 0 Å². The van der Waals surface area contributed by atoms with Gasteiger partial charge >= 0.3 is 0 Å². The van der Waals surface area contributed by atoms with E-state index in [2.05, 4.69) is 58.0 Å². The molecule has 0 amide bonds. The van der Waals surface area contributed by atoms with Crippen molar-refractivity contribution in [1.82, 2.24) is 4.98 Å². The average molecular weight is 227 g/mol. The van der Waals surface area contributed by atoms with Gasteiger partial charge in [-0.25, -0.2) is 0 Å². The molecular weight excluding hydrogens is 206 g/mol. The summed E-state index contributed by atoms with van der Waals surface area (Å²) in [6.07, 6.45) is 2.14. The van der Waals surface area contributed by atoms with Crippen LogP contribution in [0, 0.1) is 0 Å². The molecular formula is C16H21N. The van der Waals surface area contributed by atoms with E-state index in [1.165, 1.54) is 16.6 Å². The summed E-state index contributed by atoms with van der Waals surface area (Å²) in [5.74, 6) is 0. The highest BCUT2D eigenvalue weighted by Gasteiger charge is 2.22. The first-order chi connectivity index (χ1) is 8.08. The Morgan fingerprint density at radius 3 is 2.47 bits per heavy atom. The van der Waals surface area contributed by atoms with Gasteiger partial charge in [0.1, 0.15) is 0 Å². The predicted molar refractivity (Wildman–Crippen MR) is 74.4 cm³/mol. The average Bonchev–Trinajstić information content (AvgIpc) is 2.37. The van der Waals surface area contributed by atoms with E-state index < -0.39 is 0 Å². The zero-order valence-corrected chi connectivity index (χ0v) is 11.2. The van der Waals surface area contributed by atoms with Crippen LogP contribution in [-0.2, 0) is 11.8 Å². The molecule has 0 unspecified atom stereocenters. The van der Waals surface area contributed by atoms with Crippen LogP contribution in [0.25, 0.3) is 10.9 Å². The van der Waals surface area contributed by atoms with Crippen molar-refractivity contribution in [2.75, 3.05) is 0 Å². The van der Waals surface area contributed by atoms with Gasteiger partial charge in [-0.2, -0.15) is 0 Å². The lowest BCUT2D eigenvalue weighted by atomic mass is 9.80. The number of benzene rings is 1. The van der Waals surface area contributed by atoms with E-state index in [4.69, 9.17) is 4.98 Å². The van der Waals surface area contributed by atoms with Gasteiger partial charge in [0.25, 0.3) is 0 Å². The van der Waals surface area contributed by atoms with Crippen LogP contribution in [0.15, 0.2) is 30.3 Å². The Morgan fingerprint density at radius 2 is 1.82 bits per heavy atom. The van der Waals surface area contributed by atoms with Crippen LogP contribution in [0.2, 0.25) is 0 Å².